The van der Waals surface area contributed by atoms with Gasteiger partial charge < -0.3 is 19.6 Å². The van der Waals surface area contributed by atoms with Crippen molar-refractivity contribution in [1.29, 1.82) is 0 Å². The number of hydrogen-bond acceptors (Lipinski definition) is 8. The van der Waals surface area contributed by atoms with E-state index in [1.807, 2.05) is 21.9 Å². The van der Waals surface area contributed by atoms with Gasteiger partial charge in [0.15, 0.2) is 5.82 Å². The lowest BCUT2D eigenvalue weighted by atomic mass is 10.2. The Morgan fingerprint density at radius 1 is 0.842 bits per heavy atom. The lowest BCUT2D eigenvalue weighted by Crippen LogP contribution is -2.49. The lowest BCUT2D eigenvalue weighted by molar-refractivity contribution is -0.137. The molecule has 9 nitrogen and oxygen atoms in total. The van der Waals surface area contributed by atoms with Crippen LogP contribution in [-0.2, 0) is 11.0 Å². The average Bonchev–Trinajstić information content (AvgIpc) is 2.92. The molecular weight excluding hydrogens is 521 g/mol. The number of anilines is 3. The molecule has 1 aromatic carbocycles. The Labute approximate surface area is 222 Å². The van der Waals surface area contributed by atoms with Crippen LogP contribution >= 0.6 is 11.6 Å². The van der Waals surface area contributed by atoms with E-state index < -0.39 is 11.7 Å². The van der Waals surface area contributed by atoms with Crippen LogP contribution in [0.4, 0.5) is 30.9 Å². The molecule has 200 valence electrons. The molecule has 5 rings (SSSR count). The molecule has 1 amide bonds. The first-order valence-electron chi connectivity index (χ1n) is 12.2. The Hall–Kier alpha value is -3.67. The van der Waals surface area contributed by atoms with Crippen molar-refractivity contribution in [3.05, 3.63) is 53.2 Å². The van der Waals surface area contributed by atoms with Crippen molar-refractivity contribution in [2.24, 2.45) is 0 Å². The number of halogens is 4. The maximum absolute atomic E-state index is 13.5. The number of aromatic nitrogens is 4. The fourth-order valence-corrected chi connectivity index (χ4v) is 4.79. The van der Waals surface area contributed by atoms with Crippen LogP contribution in [0.15, 0.2) is 42.6 Å². The minimum atomic E-state index is -4.48. The first-order valence-corrected chi connectivity index (χ1v) is 12.6. The number of nitrogens with zero attached hydrogens (tertiary/aromatic N) is 8. The predicted molar refractivity (Wildman–Crippen MR) is 138 cm³/mol. The number of pyridine rings is 1. The zero-order valence-corrected chi connectivity index (χ0v) is 21.5. The molecule has 13 heteroatoms. The number of carbonyl (C=O) groups is 1. The average molecular weight is 547 g/mol. The zero-order chi connectivity index (χ0) is 26.9. The third-order valence-electron chi connectivity index (χ3n) is 6.66. The van der Waals surface area contributed by atoms with Crippen LogP contribution in [-0.4, -0.2) is 83.1 Å². The molecule has 0 spiro atoms. The largest absolute Gasteiger partial charge is 0.419 e. The van der Waals surface area contributed by atoms with E-state index >= 15 is 0 Å². The number of benzene rings is 1. The van der Waals surface area contributed by atoms with Crippen molar-refractivity contribution in [1.82, 2.24) is 24.8 Å². The summed E-state index contributed by atoms with van der Waals surface area (Å²) in [6, 6.07) is 9.56. The van der Waals surface area contributed by atoms with Crippen molar-refractivity contribution >= 4 is 35.2 Å². The Balaban J connectivity index is 1.40. The topological polar surface area (TPSA) is 81.6 Å². The summed E-state index contributed by atoms with van der Waals surface area (Å²) in [4.78, 5) is 37.3. The van der Waals surface area contributed by atoms with Gasteiger partial charge in [-0.1, -0.05) is 23.7 Å². The van der Waals surface area contributed by atoms with Gasteiger partial charge in [0.05, 0.1) is 5.56 Å². The predicted octanol–water partition coefficient (Wildman–Crippen LogP) is 3.60. The summed E-state index contributed by atoms with van der Waals surface area (Å²) in [7, 11) is 0. The SMILES string of the molecule is CC(=O)N1CCN(c2nc(-c3cccc(Cl)c3)nc(N3CCN(c4ncccc4C(F)(F)F)CC3)n2)CC1. The summed E-state index contributed by atoms with van der Waals surface area (Å²) in [5, 5.41) is 0.547. The van der Waals surface area contributed by atoms with E-state index in [2.05, 4.69) is 4.98 Å². The molecule has 3 aromatic rings. The number of amides is 1. The molecular formula is C25H26ClF3N8O. The number of hydrogen-bond donors (Lipinski definition) is 0. The highest BCUT2D eigenvalue weighted by Gasteiger charge is 2.36. The second kappa shape index (κ2) is 10.6. The van der Waals surface area contributed by atoms with Gasteiger partial charge in [0.1, 0.15) is 5.82 Å². The highest BCUT2D eigenvalue weighted by atomic mass is 35.5. The number of carbonyl (C=O) groups excluding carboxylic acids is 1. The quantitative estimate of drug-likeness (QED) is 0.491. The molecule has 0 bridgehead atoms. The molecule has 0 radical (unpaired) electrons. The second-order valence-electron chi connectivity index (χ2n) is 9.11. The first-order chi connectivity index (χ1) is 18.2. The Kier molecular flexibility index (Phi) is 7.24. The molecule has 2 saturated heterocycles. The van der Waals surface area contributed by atoms with E-state index in [4.69, 9.17) is 26.6 Å². The monoisotopic (exact) mass is 546 g/mol. The van der Waals surface area contributed by atoms with Crippen molar-refractivity contribution in [3.8, 4) is 11.4 Å². The van der Waals surface area contributed by atoms with E-state index in [1.54, 1.807) is 28.9 Å². The third kappa shape index (κ3) is 5.59. The van der Waals surface area contributed by atoms with Gasteiger partial charge in [-0.3, -0.25) is 4.79 Å². The van der Waals surface area contributed by atoms with Gasteiger partial charge in [-0.15, -0.1) is 0 Å². The van der Waals surface area contributed by atoms with Crippen LogP contribution in [0.1, 0.15) is 12.5 Å². The van der Waals surface area contributed by atoms with Crippen molar-refractivity contribution in [2.75, 3.05) is 67.1 Å². The molecule has 0 atom stereocenters. The lowest BCUT2D eigenvalue weighted by Gasteiger charge is -2.37. The van der Waals surface area contributed by atoms with Gasteiger partial charge in [-0.2, -0.15) is 28.1 Å². The summed E-state index contributed by atoms with van der Waals surface area (Å²) in [5.74, 6) is 1.34. The molecule has 0 saturated carbocycles. The number of rotatable bonds is 4. The highest BCUT2D eigenvalue weighted by molar-refractivity contribution is 6.30. The highest BCUT2D eigenvalue weighted by Crippen LogP contribution is 2.35. The fraction of sp³-hybridized carbons (Fsp3) is 0.400. The van der Waals surface area contributed by atoms with Crippen molar-refractivity contribution < 1.29 is 18.0 Å². The summed E-state index contributed by atoms with van der Waals surface area (Å²) in [6.07, 6.45) is -3.11. The Morgan fingerprint density at radius 3 is 2.03 bits per heavy atom. The van der Waals surface area contributed by atoms with E-state index in [0.717, 1.165) is 11.6 Å². The summed E-state index contributed by atoms with van der Waals surface area (Å²) < 4.78 is 40.6. The van der Waals surface area contributed by atoms with Gasteiger partial charge in [0.25, 0.3) is 0 Å². The number of piperazine rings is 2. The minimum absolute atomic E-state index is 0.0278. The van der Waals surface area contributed by atoms with Crippen LogP contribution in [0.5, 0.6) is 0 Å². The van der Waals surface area contributed by atoms with Gasteiger partial charge in [0, 0.05) is 76.1 Å². The number of alkyl halides is 3. The molecule has 2 fully saturated rings. The molecule has 0 N–H and O–H groups in total. The summed E-state index contributed by atoms with van der Waals surface area (Å²) in [6.45, 7) is 5.29. The Bertz CT molecular complexity index is 1310. The smallest absolute Gasteiger partial charge is 0.353 e. The molecule has 0 unspecified atom stereocenters. The van der Waals surface area contributed by atoms with Crippen LogP contribution in [0.25, 0.3) is 11.4 Å². The van der Waals surface area contributed by atoms with Crippen LogP contribution < -0.4 is 14.7 Å². The molecule has 38 heavy (non-hydrogen) atoms. The molecule has 2 aliphatic heterocycles. The van der Waals surface area contributed by atoms with Gasteiger partial charge in [-0.05, 0) is 24.3 Å². The Morgan fingerprint density at radius 2 is 1.45 bits per heavy atom. The summed E-state index contributed by atoms with van der Waals surface area (Å²) >= 11 is 6.22. The van der Waals surface area contributed by atoms with Gasteiger partial charge in [0.2, 0.25) is 17.8 Å². The van der Waals surface area contributed by atoms with Crippen molar-refractivity contribution in [2.45, 2.75) is 13.1 Å². The molecule has 2 aromatic heterocycles. The normalized spacial score (nSPS) is 16.7. The first kappa shape index (κ1) is 26.0. The van der Waals surface area contributed by atoms with E-state index in [9.17, 15) is 18.0 Å². The maximum atomic E-state index is 13.5. The van der Waals surface area contributed by atoms with E-state index in [0.29, 0.717) is 75.1 Å². The van der Waals surface area contributed by atoms with Gasteiger partial charge >= 0.3 is 6.18 Å². The molecule has 4 heterocycles. The van der Waals surface area contributed by atoms with Crippen molar-refractivity contribution in [3.63, 3.8) is 0 Å². The van der Waals surface area contributed by atoms with Gasteiger partial charge in [-0.25, -0.2) is 4.98 Å². The summed E-state index contributed by atoms with van der Waals surface area (Å²) in [5.41, 5.74) is -0.0180. The van der Waals surface area contributed by atoms with E-state index in [-0.39, 0.29) is 11.7 Å². The molecule has 0 aliphatic carbocycles. The second-order valence-corrected chi connectivity index (χ2v) is 9.55. The zero-order valence-electron chi connectivity index (χ0n) is 20.7. The maximum Gasteiger partial charge on any atom is 0.419 e. The molecule has 2 aliphatic rings. The minimum Gasteiger partial charge on any atom is -0.353 e. The fourth-order valence-electron chi connectivity index (χ4n) is 4.60. The standard InChI is InChI=1S/C25H26ClF3N8O/c1-17(38)34-8-12-36(13-9-34)23-31-21(18-4-2-5-19(26)16-18)32-24(33-23)37-14-10-35(11-15-37)22-20(25(27,28)29)6-3-7-30-22/h2-7,16H,8-15H2,1H3. The third-order valence-corrected chi connectivity index (χ3v) is 6.89. The van der Waals surface area contributed by atoms with Crippen LogP contribution in [0.2, 0.25) is 5.02 Å². The van der Waals surface area contributed by atoms with E-state index in [1.165, 1.54) is 12.3 Å². The van der Waals surface area contributed by atoms with Crippen LogP contribution in [0.3, 0.4) is 0 Å². The van der Waals surface area contributed by atoms with Crippen LogP contribution in [0, 0.1) is 0 Å².